The molecule has 2 rings (SSSR count). The first-order valence-corrected chi connectivity index (χ1v) is 5.41. The Labute approximate surface area is 91.4 Å². The first-order chi connectivity index (χ1) is 6.72. The molecule has 3 heteroatoms. The summed E-state index contributed by atoms with van der Waals surface area (Å²) in [7, 11) is 1.64. The minimum absolute atomic E-state index is 0.245. The Balaban J connectivity index is 2.54. The van der Waals surface area contributed by atoms with Crippen molar-refractivity contribution in [2.24, 2.45) is 0 Å². The van der Waals surface area contributed by atoms with Gasteiger partial charge < -0.3 is 4.74 Å². The van der Waals surface area contributed by atoms with Crippen molar-refractivity contribution in [1.82, 2.24) is 0 Å². The number of ketones is 1. The van der Waals surface area contributed by atoms with Gasteiger partial charge in [0, 0.05) is 12.0 Å². The predicted octanol–water partition coefficient (Wildman–Crippen LogP) is 2.98. The molecule has 0 aromatic heterocycles. The highest BCUT2D eigenvalue weighted by molar-refractivity contribution is 9.10. The molecule has 1 aliphatic carbocycles. The summed E-state index contributed by atoms with van der Waals surface area (Å²) >= 11 is 3.39. The van der Waals surface area contributed by atoms with Gasteiger partial charge in [0.1, 0.15) is 5.75 Å². The monoisotopic (exact) mass is 254 g/mol. The van der Waals surface area contributed by atoms with Crippen LogP contribution in [0.25, 0.3) is 0 Å². The molecule has 74 valence electrons. The summed E-state index contributed by atoms with van der Waals surface area (Å²) in [5, 5.41) is 0. The van der Waals surface area contributed by atoms with Gasteiger partial charge in [-0.05, 0) is 46.5 Å². The van der Waals surface area contributed by atoms with Crippen molar-refractivity contribution in [3.05, 3.63) is 27.7 Å². The SMILES string of the molecule is COc1cc2c(cc1Br)C(=O)CCC2. The number of hydrogen-bond donors (Lipinski definition) is 0. The zero-order chi connectivity index (χ0) is 10.1. The molecule has 14 heavy (non-hydrogen) atoms. The number of carbonyl (C=O) groups excluding carboxylic acids is 1. The van der Waals surface area contributed by atoms with Crippen LogP contribution in [0.1, 0.15) is 28.8 Å². The molecule has 0 aliphatic heterocycles. The second kappa shape index (κ2) is 3.73. The molecular formula is C11H11BrO2. The highest BCUT2D eigenvalue weighted by Crippen LogP contribution is 2.32. The fraction of sp³-hybridized carbons (Fsp3) is 0.364. The number of carbonyl (C=O) groups is 1. The maximum atomic E-state index is 11.6. The first-order valence-electron chi connectivity index (χ1n) is 4.62. The Morgan fingerprint density at radius 3 is 2.86 bits per heavy atom. The number of methoxy groups -OCH3 is 1. The van der Waals surface area contributed by atoms with Gasteiger partial charge in [0.15, 0.2) is 5.78 Å². The molecule has 0 bridgehead atoms. The molecular weight excluding hydrogens is 244 g/mol. The Hall–Kier alpha value is -0.830. The van der Waals surface area contributed by atoms with E-state index in [9.17, 15) is 4.79 Å². The van der Waals surface area contributed by atoms with Crippen LogP contribution in [0.3, 0.4) is 0 Å². The summed E-state index contributed by atoms with van der Waals surface area (Å²) in [5.41, 5.74) is 1.96. The molecule has 0 spiro atoms. The van der Waals surface area contributed by atoms with E-state index in [0.29, 0.717) is 6.42 Å². The number of hydrogen-bond acceptors (Lipinski definition) is 2. The van der Waals surface area contributed by atoms with Crippen LogP contribution in [0.4, 0.5) is 0 Å². The maximum absolute atomic E-state index is 11.6. The fourth-order valence-electron chi connectivity index (χ4n) is 1.79. The van der Waals surface area contributed by atoms with Gasteiger partial charge in [-0.15, -0.1) is 0 Å². The van der Waals surface area contributed by atoms with Crippen LogP contribution in [0.5, 0.6) is 5.75 Å². The van der Waals surface area contributed by atoms with Crippen molar-refractivity contribution in [3.8, 4) is 5.75 Å². The van der Waals surface area contributed by atoms with E-state index in [4.69, 9.17) is 4.74 Å². The summed E-state index contributed by atoms with van der Waals surface area (Å²) in [6, 6.07) is 3.83. The third-order valence-corrected chi connectivity index (χ3v) is 3.15. The molecule has 2 nitrogen and oxygen atoms in total. The van der Waals surface area contributed by atoms with E-state index in [1.165, 1.54) is 0 Å². The number of rotatable bonds is 1. The van der Waals surface area contributed by atoms with Gasteiger partial charge in [0.25, 0.3) is 0 Å². The zero-order valence-electron chi connectivity index (χ0n) is 7.97. The molecule has 0 radical (unpaired) electrons. The van der Waals surface area contributed by atoms with Gasteiger partial charge >= 0.3 is 0 Å². The Morgan fingerprint density at radius 1 is 1.36 bits per heavy atom. The highest BCUT2D eigenvalue weighted by atomic mass is 79.9. The summed E-state index contributed by atoms with van der Waals surface area (Å²) in [5.74, 6) is 1.05. The number of benzene rings is 1. The lowest BCUT2D eigenvalue weighted by atomic mass is 9.90. The lowest BCUT2D eigenvalue weighted by molar-refractivity contribution is 0.0972. The second-order valence-electron chi connectivity index (χ2n) is 3.42. The van der Waals surface area contributed by atoms with Crippen molar-refractivity contribution >= 4 is 21.7 Å². The second-order valence-corrected chi connectivity index (χ2v) is 4.27. The minimum atomic E-state index is 0.245. The van der Waals surface area contributed by atoms with Gasteiger partial charge in [0.05, 0.1) is 11.6 Å². The molecule has 0 atom stereocenters. The standard InChI is InChI=1S/C11H11BrO2/c1-14-11-5-7-3-2-4-10(13)8(7)6-9(11)12/h5-6H,2-4H2,1H3. The topological polar surface area (TPSA) is 26.3 Å². The molecule has 0 N–H and O–H groups in total. The lowest BCUT2D eigenvalue weighted by Crippen LogP contribution is -2.10. The van der Waals surface area contributed by atoms with Crippen molar-refractivity contribution in [3.63, 3.8) is 0 Å². The maximum Gasteiger partial charge on any atom is 0.163 e. The van der Waals surface area contributed by atoms with E-state index >= 15 is 0 Å². The Bertz CT molecular complexity index is 385. The molecule has 0 amide bonds. The predicted molar refractivity (Wildman–Crippen MR) is 58.0 cm³/mol. The smallest absolute Gasteiger partial charge is 0.163 e. The van der Waals surface area contributed by atoms with Crippen LogP contribution in [0.2, 0.25) is 0 Å². The van der Waals surface area contributed by atoms with Crippen LogP contribution in [-0.2, 0) is 6.42 Å². The van der Waals surface area contributed by atoms with E-state index < -0.39 is 0 Å². The molecule has 1 aromatic rings. The Morgan fingerprint density at radius 2 is 2.14 bits per heavy atom. The van der Waals surface area contributed by atoms with Gasteiger partial charge in [0.2, 0.25) is 0 Å². The molecule has 0 heterocycles. The van der Waals surface area contributed by atoms with E-state index in [1.807, 2.05) is 12.1 Å². The van der Waals surface area contributed by atoms with Crippen LogP contribution in [0, 0.1) is 0 Å². The molecule has 1 aromatic carbocycles. The van der Waals surface area contributed by atoms with Crippen LogP contribution in [0.15, 0.2) is 16.6 Å². The summed E-state index contributed by atoms with van der Waals surface area (Å²) in [4.78, 5) is 11.6. The van der Waals surface area contributed by atoms with Crippen LogP contribution >= 0.6 is 15.9 Å². The van der Waals surface area contributed by atoms with Crippen LogP contribution in [-0.4, -0.2) is 12.9 Å². The summed E-state index contributed by atoms with van der Waals surface area (Å²) in [6.07, 6.45) is 2.60. The van der Waals surface area contributed by atoms with E-state index in [2.05, 4.69) is 15.9 Å². The largest absolute Gasteiger partial charge is 0.496 e. The minimum Gasteiger partial charge on any atom is -0.496 e. The number of ether oxygens (including phenoxy) is 1. The van der Waals surface area contributed by atoms with Crippen molar-refractivity contribution < 1.29 is 9.53 Å². The van der Waals surface area contributed by atoms with Crippen molar-refractivity contribution in [2.75, 3.05) is 7.11 Å². The average molecular weight is 255 g/mol. The average Bonchev–Trinajstić information content (AvgIpc) is 2.19. The lowest BCUT2D eigenvalue weighted by Gasteiger charge is -2.16. The van der Waals surface area contributed by atoms with Crippen LogP contribution < -0.4 is 4.74 Å². The van der Waals surface area contributed by atoms with Gasteiger partial charge in [-0.3, -0.25) is 4.79 Å². The van der Waals surface area contributed by atoms with Gasteiger partial charge in [-0.1, -0.05) is 0 Å². The van der Waals surface area contributed by atoms with E-state index in [-0.39, 0.29) is 5.78 Å². The third-order valence-electron chi connectivity index (χ3n) is 2.53. The van der Waals surface area contributed by atoms with E-state index in [1.54, 1.807) is 7.11 Å². The molecule has 0 unspecified atom stereocenters. The number of halogens is 1. The molecule has 0 saturated carbocycles. The first kappa shape index (κ1) is 9.71. The highest BCUT2D eigenvalue weighted by Gasteiger charge is 2.18. The zero-order valence-corrected chi connectivity index (χ0v) is 9.56. The van der Waals surface area contributed by atoms with E-state index in [0.717, 1.165) is 34.2 Å². The van der Waals surface area contributed by atoms with Gasteiger partial charge in [-0.25, -0.2) is 0 Å². The van der Waals surface area contributed by atoms with Crippen molar-refractivity contribution in [1.29, 1.82) is 0 Å². The number of Topliss-reactive ketones (excluding diaryl/α,β-unsaturated/α-hetero) is 1. The molecule has 0 saturated heterocycles. The number of aryl methyl sites for hydroxylation is 1. The van der Waals surface area contributed by atoms with Crippen molar-refractivity contribution in [2.45, 2.75) is 19.3 Å². The Kier molecular flexibility index (Phi) is 2.59. The van der Waals surface area contributed by atoms with Gasteiger partial charge in [-0.2, -0.15) is 0 Å². The summed E-state index contributed by atoms with van der Waals surface area (Å²) in [6.45, 7) is 0. The molecule has 1 aliphatic rings. The normalized spacial score (nSPS) is 15.1. The summed E-state index contributed by atoms with van der Waals surface area (Å²) < 4.78 is 6.04. The third kappa shape index (κ3) is 1.57. The fourth-order valence-corrected chi connectivity index (χ4v) is 2.30. The quantitative estimate of drug-likeness (QED) is 0.771. The number of fused-ring (bicyclic) bond motifs is 1. The molecule has 0 fully saturated rings.